The fourth-order valence-corrected chi connectivity index (χ4v) is 4.55. The first kappa shape index (κ1) is 18.2. The summed E-state index contributed by atoms with van der Waals surface area (Å²) in [6.45, 7) is 4.05. The Balaban J connectivity index is 1.92. The summed E-state index contributed by atoms with van der Waals surface area (Å²) in [6.07, 6.45) is 0. The second-order valence-corrected chi connectivity index (χ2v) is 8.35. The SMILES string of the molecule is Cc1cccc(-n2c(SCc3nnsc3Cl)nc3ccccc3c2=O)c1C. The molecule has 0 bridgehead atoms. The largest absolute Gasteiger partial charge is 0.268 e. The number of hydrogen-bond acceptors (Lipinski definition) is 6. The van der Waals surface area contributed by atoms with E-state index in [1.807, 2.05) is 56.3 Å². The van der Waals surface area contributed by atoms with E-state index in [2.05, 4.69) is 9.59 Å². The third kappa shape index (κ3) is 3.38. The monoisotopic (exact) mass is 414 g/mol. The number of fused-ring (bicyclic) bond motifs is 1. The van der Waals surface area contributed by atoms with Gasteiger partial charge in [0.05, 0.1) is 16.6 Å². The maximum Gasteiger partial charge on any atom is 0.266 e. The van der Waals surface area contributed by atoms with E-state index in [-0.39, 0.29) is 5.56 Å². The smallest absolute Gasteiger partial charge is 0.266 e. The van der Waals surface area contributed by atoms with Crippen LogP contribution in [-0.2, 0) is 5.75 Å². The number of thioether (sulfide) groups is 1. The van der Waals surface area contributed by atoms with Crippen molar-refractivity contribution in [1.82, 2.24) is 19.1 Å². The minimum absolute atomic E-state index is 0.0840. The van der Waals surface area contributed by atoms with E-state index in [4.69, 9.17) is 16.6 Å². The second kappa shape index (κ2) is 7.42. The molecular formula is C19H15ClN4OS2. The molecule has 0 fully saturated rings. The molecule has 0 aliphatic carbocycles. The lowest BCUT2D eigenvalue weighted by molar-refractivity contribution is 0.812. The highest BCUT2D eigenvalue weighted by atomic mass is 35.5. The summed E-state index contributed by atoms with van der Waals surface area (Å²) in [7, 11) is 0. The predicted octanol–water partition coefficient (Wildman–Crippen LogP) is 4.80. The molecule has 0 saturated carbocycles. The summed E-state index contributed by atoms with van der Waals surface area (Å²) >= 11 is 8.71. The van der Waals surface area contributed by atoms with Gasteiger partial charge in [0.25, 0.3) is 5.56 Å². The van der Waals surface area contributed by atoms with E-state index >= 15 is 0 Å². The highest BCUT2D eigenvalue weighted by Gasteiger charge is 2.16. The lowest BCUT2D eigenvalue weighted by Gasteiger charge is -2.16. The third-order valence-corrected chi connectivity index (χ3v) is 6.34. The predicted molar refractivity (Wildman–Crippen MR) is 111 cm³/mol. The third-order valence-electron chi connectivity index (χ3n) is 4.41. The summed E-state index contributed by atoms with van der Waals surface area (Å²) < 4.78 is 6.11. The molecule has 0 amide bonds. The number of aryl methyl sites for hydroxylation is 1. The van der Waals surface area contributed by atoms with Crippen LogP contribution in [-0.4, -0.2) is 19.1 Å². The van der Waals surface area contributed by atoms with Crippen LogP contribution in [0.5, 0.6) is 0 Å². The summed E-state index contributed by atoms with van der Waals surface area (Å²) in [5, 5.41) is 5.25. The van der Waals surface area contributed by atoms with E-state index in [9.17, 15) is 4.79 Å². The summed E-state index contributed by atoms with van der Waals surface area (Å²) in [4.78, 5) is 18.0. The van der Waals surface area contributed by atoms with Crippen LogP contribution < -0.4 is 5.56 Å². The van der Waals surface area contributed by atoms with Crippen molar-refractivity contribution >= 4 is 45.8 Å². The van der Waals surface area contributed by atoms with E-state index in [1.165, 1.54) is 11.8 Å². The Bertz CT molecular complexity index is 1200. The molecule has 2 aromatic heterocycles. The molecule has 0 unspecified atom stereocenters. The molecule has 4 aromatic rings. The first-order chi connectivity index (χ1) is 13.1. The Morgan fingerprint density at radius 2 is 1.96 bits per heavy atom. The average molecular weight is 415 g/mol. The molecule has 0 atom stereocenters. The highest BCUT2D eigenvalue weighted by Crippen LogP contribution is 2.29. The topological polar surface area (TPSA) is 60.7 Å². The standard InChI is InChI=1S/C19H15ClN4OS2/c1-11-6-5-9-16(12(11)2)24-18(25)13-7-3-4-8-14(13)21-19(24)26-10-15-17(20)27-23-22-15/h3-9H,10H2,1-2H3. The van der Waals surface area contributed by atoms with Gasteiger partial charge in [-0.2, -0.15) is 0 Å². The van der Waals surface area contributed by atoms with Gasteiger partial charge in [0, 0.05) is 17.3 Å². The van der Waals surface area contributed by atoms with Crippen LogP contribution in [0.15, 0.2) is 52.4 Å². The number of para-hydroxylation sites is 1. The van der Waals surface area contributed by atoms with Crippen molar-refractivity contribution in [2.75, 3.05) is 0 Å². The number of halogens is 1. The zero-order valence-electron chi connectivity index (χ0n) is 14.6. The Kier molecular flexibility index (Phi) is 4.99. The van der Waals surface area contributed by atoms with E-state index < -0.39 is 0 Å². The fraction of sp³-hybridized carbons (Fsp3) is 0.158. The van der Waals surface area contributed by atoms with Crippen molar-refractivity contribution in [3.63, 3.8) is 0 Å². The molecular weight excluding hydrogens is 400 g/mol. The molecule has 0 saturated heterocycles. The summed E-state index contributed by atoms with van der Waals surface area (Å²) in [5.74, 6) is 0.491. The van der Waals surface area contributed by atoms with Crippen LogP contribution in [0.3, 0.4) is 0 Å². The first-order valence-corrected chi connectivity index (χ1v) is 10.4. The van der Waals surface area contributed by atoms with Gasteiger partial charge < -0.3 is 0 Å². The first-order valence-electron chi connectivity index (χ1n) is 8.24. The Labute approximate surface area is 169 Å². The summed E-state index contributed by atoms with van der Waals surface area (Å²) in [5.41, 5.74) is 4.29. The Morgan fingerprint density at radius 1 is 1.15 bits per heavy atom. The van der Waals surface area contributed by atoms with Crippen LogP contribution in [0, 0.1) is 13.8 Å². The van der Waals surface area contributed by atoms with E-state index in [1.54, 1.807) is 4.57 Å². The number of benzene rings is 2. The van der Waals surface area contributed by atoms with E-state index in [0.29, 0.717) is 31.8 Å². The highest BCUT2D eigenvalue weighted by molar-refractivity contribution is 7.98. The van der Waals surface area contributed by atoms with Gasteiger partial charge in [0.15, 0.2) is 5.16 Å². The molecule has 8 heteroatoms. The molecule has 2 aromatic carbocycles. The van der Waals surface area contributed by atoms with Crippen molar-refractivity contribution in [3.05, 3.63) is 74.0 Å². The zero-order valence-corrected chi connectivity index (χ0v) is 17.0. The van der Waals surface area contributed by atoms with Gasteiger partial charge in [-0.1, -0.05) is 52.1 Å². The van der Waals surface area contributed by atoms with Crippen LogP contribution >= 0.6 is 34.9 Å². The molecule has 0 aliphatic rings. The Hall–Kier alpha value is -2.22. The maximum atomic E-state index is 13.3. The van der Waals surface area contributed by atoms with Crippen LogP contribution in [0.2, 0.25) is 4.34 Å². The van der Waals surface area contributed by atoms with Crippen LogP contribution in [0.4, 0.5) is 0 Å². The molecule has 0 spiro atoms. The molecule has 5 nitrogen and oxygen atoms in total. The summed E-state index contributed by atoms with van der Waals surface area (Å²) in [6, 6.07) is 13.3. The minimum atomic E-state index is -0.0840. The van der Waals surface area contributed by atoms with Gasteiger partial charge in [0.1, 0.15) is 10.0 Å². The number of hydrogen-bond donors (Lipinski definition) is 0. The second-order valence-electron chi connectivity index (χ2n) is 6.05. The zero-order chi connectivity index (χ0) is 19.0. The number of nitrogens with zero attached hydrogens (tertiary/aromatic N) is 4. The van der Waals surface area contributed by atoms with Gasteiger partial charge in [-0.05, 0) is 43.2 Å². The van der Waals surface area contributed by atoms with E-state index in [0.717, 1.165) is 28.3 Å². The molecule has 4 rings (SSSR count). The Morgan fingerprint density at radius 3 is 2.74 bits per heavy atom. The van der Waals surface area contributed by atoms with Gasteiger partial charge in [-0.3, -0.25) is 9.36 Å². The van der Waals surface area contributed by atoms with Crippen molar-refractivity contribution in [2.45, 2.75) is 24.8 Å². The molecule has 0 radical (unpaired) electrons. The lowest BCUT2D eigenvalue weighted by atomic mass is 10.1. The molecule has 136 valence electrons. The number of rotatable bonds is 4. The van der Waals surface area contributed by atoms with Crippen molar-refractivity contribution < 1.29 is 0 Å². The maximum absolute atomic E-state index is 13.3. The van der Waals surface area contributed by atoms with Gasteiger partial charge in [-0.15, -0.1) is 5.10 Å². The molecule has 0 aliphatic heterocycles. The van der Waals surface area contributed by atoms with Crippen molar-refractivity contribution in [2.24, 2.45) is 0 Å². The average Bonchev–Trinajstić information content (AvgIpc) is 3.08. The molecule has 27 heavy (non-hydrogen) atoms. The van der Waals surface area contributed by atoms with Gasteiger partial charge >= 0.3 is 0 Å². The normalized spacial score (nSPS) is 11.2. The van der Waals surface area contributed by atoms with Crippen LogP contribution in [0.1, 0.15) is 16.8 Å². The molecule has 0 N–H and O–H groups in total. The lowest BCUT2D eigenvalue weighted by Crippen LogP contribution is -2.22. The van der Waals surface area contributed by atoms with Crippen molar-refractivity contribution in [1.29, 1.82) is 0 Å². The van der Waals surface area contributed by atoms with Gasteiger partial charge in [-0.25, -0.2) is 4.98 Å². The van der Waals surface area contributed by atoms with Gasteiger partial charge in [0.2, 0.25) is 0 Å². The van der Waals surface area contributed by atoms with Crippen molar-refractivity contribution in [3.8, 4) is 5.69 Å². The fourth-order valence-electron chi connectivity index (χ4n) is 2.82. The minimum Gasteiger partial charge on any atom is -0.268 e. The van der Waals surface area contributed by atoms with Crippen LogP contribution in [0.25, 0.3) is 16.6 Å². The quantitative estimate of drug-likeness (QED) is 0.354. The molecule has 2 heterocycles. The number of aromatic nitrogens is 4.